The van der Waals surface area contributed by atoms with Gasteiger partial charge in [-0.1, -0.05) is 43.3 Å². The summed E-state index contributed by atoms with van der Waals surface area (Å²) >= 11 is 0. The standard InChI is InChI=1S/C20H26N2O3/c1-15(12-21-2)20(23)22-13-17-9-10-18(19(11-17)24-3)25-14-16-7-5-4-6-8-16/h4-11,15,21H,12-14H2,1-3H3,(H,22,23). The minimum absolute atomic E-state index is 0.0257. The van der Waals surface area contributed by atoms with Crippen LogP contribution in [-0.4, -0.2) is 26.6 Å². The fourth-order valence-corrected chi connectivity index (χ4v) is 2.44. The van der Waals surface area contributed by atoms with E-state index in [-0.39, 0.29) is 11.8 Å². The molecule has 1 amide bonds. The van der Waals surface area contributed by atoms with Crippen molar-refractivity contribution >= 4 is 5.91 Å². The van der Waals surface area contributed by atoms with E-state index in [1.807, 2.05) is 62.5 Å². The minimum atomic E-state index is -0.0691. The van der Waals surface area contributed by atoms with Gasteiger partial charge in [0.1, 0.15) is 6.61 Å². The first kappa shape index (κ1) is 18.8. The lowest BCUT2D eigenvalue weighted by Gasteiger charge is -2.14. The van der Waals surface area contributed by atoms with Crippen molar-refractivity contribution in [3.63, 3.8) is 0 Å². The van der Waals surface area contributed by atoms with Crippen LogP contribution in [-0.2, 0) is 17.9 Å². The minimum Gasteiger partial charge on any atom is -0.493 e. The molecule has 134 valence electrons. The van der Waals surface area contributed by atoms with Gasteiger partial charge in [-0.2, -0.15) is 0 Å². The molecule has 5 heteroatoms. The molecule has 0 saturated carbocycles. The van der Waals surface area contributed by atoms with Gasteiger partial charge in [-0.15, -0.1) is 0 Å². The van der Waals surface area contributed by atoms with Crippen LogP contribution in [0.15, 0.2) is 48.5 Å². The summed E-state index contributed by atoms with van der Waals surface area (Å²) in [5.74, 6) is 1.30. The Labute approximate surface area is 149 Å². The van der Waals surface area contributed by atoms with Crippen LogP contribution in [0.4, 0.5) is 0 Å². The Morgan fingerprint density at radius 3 is 2.52 bits per heavy atom. The van der Waals surface area contributed by atoms with Gasteiger partial charge in [0, 0.05) is 19.0 Å². The van der Waals surface area contributed by atoms with Crippen molar-refractivity contribution in [3.05, 3.63) is 59.7 Å². The second-order valence-corrected chi connectivity index (χ2v) is 5.94. The maximum Gasteiger partial charge on any atom is 0.224 e. The van der Waals surface area contributed by atoms with Crippen molar-refractivity contribution in [2.75, 3.05) is 20.7 Å². The Morgan fingerprint density at radius 1 is 1.08 bits per heavy atom. The molecule has 0 fully saturated rings. The van der Waals surface area contributed by atoms with Crippen LogP contribution in [0.2, 0.25) is 0 Å². The lowest BCUT2D eigenvalue weighted by molar-refractivity contribution is -0.124. The Morgan fingerprint density at radius 2 is 1.84 bits per heavy atom. The number of nitrogens with one attached hydrogen (secondary N) is 2. The largest absolute Gasteiger partial charge is 0.493 e. The number of carbonyl (C=O) groups is 1. The normalized spacial score (nSPS) is 11.6. The van der Waals surface area contributed by atoms with Crippen LogP contribution in [0.3, 0.4) is 0 Å². The molecular weight excluding hydrogens is 316 g/mol. The molecule has 25 heavy (non-hydrogen) atoms. The first-order chi connectivity index (χ1) is 12.1. The lowest BCUT2D eigenvalue weighted by Crippen LogP contribution is -2.33. The van der Waals surface area contributed by atoms with E-state index < -0.39 is 0 Å². The van der Waals surface area contributed by atoms with E-state index >= 15 is 0 Å². The van der Waals surface area contributed by atoms with Gasteiger partial charge in [0.25, 0.3) is 0 Å². The first-order valence-electron chi connectivity index (χ1n) is 8.40. The molecule has 2 rings (SSSR count). The highest BCUT2D eigenvalue weighted by atomic mass is 16.5. The Kier molecular flexibility index (Phi) is 7.29. The summed E-state index contributed by atoms with van der Waals surface area (Å²) in [6.45, 7) is 3.49. The van der Waals surface area contributed by atoms with Crippen molar-refractivity contribution in [1.29, 1.82) is 0 Å². The molecule has 0 heterocycles. The molecule has 1 atom stereocenters. The molecule has 0 saturated heterocycles. The third-order valence-corrected chi connectivity index (χ3v) is 3.89. The lowest BCUT2D eigenvalue weighted by atomic mass is 10.1. The number of amides is 1. The molecule has 0 aliphatic heterocycles. The summed E-state index contributed by atoms with van der Waals surface area (Å²) in [5, 5.41) is 5.94. The number of ether oxygens (including phenoxy) is 2. The second-order valence-electron chi connectivity index (χ2n) is 5.94. The SMILES string of the molecule is CNCC(C)C(=O)NCc1ccc(OCc2ccccc2)c(OC)c1. The van der Waals surface area contributed by atoms with E-state index in [4.69, 9.17) is 9.47 Å². The number of hydrogen-bond donors (Lipinski definition) is 2. The van der Waals surface area contributed by atoms with Gasteiger partial charge in [-0.05, 0) is 30.3 Å². The van der Waals surface area contributed by atoms with E-state index in [1.165, 1.54) is 0 Å². The number of benzene rings is 2. The average Bonchev–Trinajstić information content (AvgIpc) is 2.65. The van der Waals surface area contributed by atoms with Crippen molar-refractivity contribution < 1.29 is 14.3 Å². The molecule has 0 bridgehead atoms. The summed E-state index contributed by atoms with van der Waals surface area (Å²) in [6, 6.07) is 15.7. The Bertz CT molecular complexity index is 674. The third kappa shape index (κ3) is 5.80. The van der Waals surface area contributed by atoms with E-state index in [9.17, 15) is 4.79 Å². The van der Waals surface area contributed by atoms with Crippen molar-refractivity contribution in [1.82, 2.24) is 10.6 Å². The summed E-state index contributed by atoms with van der Waals surface area (Å²) in [7, 11) is 3.45. The van der Waals surface area contributed by atoms with E-state index in [1.54, 1.807) is 7.11 Å². The number of hydrogen-bond acceptors (Lipinski definition) is 4. The zero-order valence-corrected chi connectivity index (χ0v) is 15.0. The van der Waals surface area contributed by atoms with Crippen LogP contribution in [0.25, 0.3) is 0 Å². The van der Waals surface area contributed by atoms with Crippen molar-refractivity contribution in [2.24, 2.45) is 5.92 Å². The summed E-state index contributed by atoms with van der Waals surface area (Å²) in [5.41, 5.74) is 2.06. The molecule has 0 aliphatic carbocycles. The fourth-order valence-electron chi connectivity index (χ4n) is 2.44. The number of methoxy groups -OCH3 is 1. The molecular formula is C20H26N2O3. The first-order valence-corrected chi connectivity index (χ1v) is 8.40. The summed E-state index contributed by atoms with van der Waals surface area (Å²) < 4.78 is 11.3. The zero-order valence-electron chi connectivity index (χ0n) is 15.0. The van der Waals surface area contributed by atoms with Gasteiger partial charge >= 0.3 is 0 Å². The van der Waals surface area contributed by atoms with Gasteiger partial charge in [0.05, 0.1) is 7.11 Å². The molecule has 0 spiro atoms. The van der Waals surface area contributed by atoms with Gasteiger partial charge in [-0.25, -0.2) is 0 Å². The summed E-state index contributed by atoms with van der Waals surface area (Å²) in [4.78, 5) is 12.0. The van der Waals surface area contributed by atoms with Gasteiger partial charge in [0.2, 0.25) is 5.91 Å². The highest BCUT2D eigenvalue weighted by Gasteiger charge is 2.12. The fraction of sp³-hybridized carbons (Fsp3) is 0.350. The van der Waals surface area contributed by atoms with E-state index in [0.717, 1.165) is 11.1 Å². The Balaban J connectivity index is 1.95. The maximum atomic E-state index is 12.0. The molecule has 2 aromatic carbocycles. The van der Waals surface area contributed by atoms with Crippen LogP contribution in [0, 0.1) is 5.92 Å². The van der Waals surface area contributed by atoms with Crippen LogP contribution < -0.4 is 20.1 Å². The highest BCUT2D eigenvalue weighted by molar-refractivity contribution is 5.78. The van der Waals surface area contributed by atoms with Gasteiger partial charge < -0.3 is 20.1 Å². The molecule has 0 radical (unpaired) electrons. The average molecular weight is 342 g/mol. The highest BCUT2D eigenvalue weighted by Crippen LogP contribution is 2.28. The van der Waals surface area contributed by atoms with Crippen LogP contribution >= 0.6 is 0 Å². The quantitative estimate of drug-likeness (QED) is 0.736. The predicted molar refractivity (Wildman–Crippen MR) is 98.7 cm³/mol. The zero-order chi connectivity index (χ0) is 18.1. The van der Waals surface area contributed by atoms with Crippen LogP contribution in [0.1, 0.15) is 18.1 Å². The maximum absolute atomic E-state index is 12.0. The predicted octanol–water partition coefficient (Wildman–Crippen LogP) is 2.75. The molecule has 2 aromatic rings. The van der Waals surface area contributed by atoms with Crippen LogP contribution in [0.5, 0.6) is 11.5 Å². The Hall–Kier alpha value is -2.53. The topological polar surface area (TPSA) is 59.6 Å². The van der Waals surface area contributed by atoms with Gasteiger partial charge in [0.15, 0.2) is 11.5 Å². The monoisotopic (exact) mass is 342 g/mol. The number of carbonyl (C=O) groups excluding carboxylic acids is 1. The molecule has 2 N–H and O–H groups in total. The van der Waals surface area contributed by atoms with E-state index in [2.05, 4.69) is 10.6 Å². The molecule has 0 aliphatic rings. The summed E-state index contributed by atoms with van der Waals surface area (Å²) in [6.07, 6.45) is 0. The van der Waals surface area contributed by atoms with Crippen molar-refractivity contribution in [3.8, 4) is 11.5 Å². The third-order valence-electron chi connectivity index (χ3n) is 3.89. The molecule has 1 unspecified atom stereocenters. The second kappa shape index (κ2) is 9.69. The van der Waals surface area contributed by atoms with Crippen molar-refractivity contribution in [2.45, 2.75) is 20.1 Å². The molecule has 5 nitrogen and oxygen atoms in total. The number of rotatable bonds is 9. The smallest absolute Gasteiger partial charge is 0.224 e. The molecule has 0 aromatic heterocycles. The van der Waals surface area contributed by atoms with Gasteiger partial charge in [-0.3, -0.25) is 4.79 Å². The van der Waals surface area contributed by atoms with E-state index in [0.29, 0.717) is 31.2 Å².